The van der Waals surface area contributed by atoms with Gasteiger partial charge in [0.2, 0.25) is 0 Å². The fourth-order valence-electron chi connectivity index (χ4n) is 2.17. The number of methoxy groups -OCH3 is 2. The zero-order valence-corrected chi connectivity index (χ0v) is 11.6. The molecule has 0 amide bonds. The van der Waals surface area contributed by atoms with Gasteiger partial charge in [0.15, 0.2) is 0 Å². The van der Waals surface area contributed by atoms with Crippen LogP contribution in [0, 0.1) is 6.92 Å². The van der Waals surface area contributed by atoms with E-state index in [4.69, 9.17) is 18.9 Å². The summed E-state index contributed by atoms with van der Waals surface area (Å²) < 4.78 is 20.8. The van der Waals surface area contributed by atoms with Crippen LogP contribution in [0.4, 0.5) is 4.79 Å². The van der Waals surface area contributed by atoms with E-state index in [9.17, 15) is 4.79 Å². The Morgan fingerprint density at radius 1 is 1.16 bits per heavy atom. The lowest BCUT2D eigenvalue weighted by molar-refractivity contribution is 0.116. The van der Waals surface area contributed by atoms with Gasteiger partial charge in [-0.25, -0.2) is 4.79 Å². The number of hydrogen-bond acceptors (Lipinski definition) is 5. The Morgan fingerprint density at radius 3 is 2.37 bits per heavy atom. The second-order valence-electron chi connectivity index (χ2n) is 4.57. The summed E-state index contributed by atoms with van der Waals surface area (Å²) in [7, 11) is 3.24. The molecule has 1 aliphatic rings. The van der Waals surface area contributed by atoms with Crippen LogP contribution in [0.5, 0.6) is 11.5 Å². The second-order valence-corrected chi connectivity index (χ2v) is 4.57. The molecule has 1 fully saturated rings. The van der Waals surface area contributed by atoms with E-state index in [1.807, 2.05) is 26.0 Å². The highest BCUT2D eigenvalue weighted by molar-refractivity contribution is 5.62. The van der Waals surface area contributed by atoms with Crippen molar-refractivity contribution in [3.63, 3.8) is 0 Å². The summed E-state index contributed by atoms with van der Waals surface area (Å²) in [4.78, 5) is 11.1. The zero-order valence-electron chi connectivity index (χ0n) is 11.6. The molecular formula is C14H18O5. The third-order valence-electron chi connectivity index (χ3n) is 3.27. The number of cyclic esters (lactones) is 2. The normalized spacial score (nSPS) is 21.8. The maximum Gasteiger partial charge on any atom is 0.509 e. The number of aryl methyl sites for hydroxylation is 1. The molecule has 2 unspecified atom stereocenters. The van der Waals surface area contributed by atoms with Gasteiger partial charge < -0.3 is 18.9 Å². The highest BCUT2D eigenvalue weighted by Gasteiger charge is 2.33. The summed E-state index contributed by atoms with van der Waals surface area (Å²) in [5, 5.41) is 0. The van der Waals surface area contributed by atoms with E-state index in [1.54, 1.807) is 14.2 Å². The van der Waals surface area contributed by atoms with Gasteiger partial charge in [-0.15, -0.1) is 0 Å². The van der Waals surface area contributed by atoms with Crippen LogP contribution >= 0.6 is 0 Å². The summed E-state index contributed by atoms with van der Waals surface area (Å²) in [6.45, 7) is 3.76. The fraction of sp³-hybridized carbons (Fsp3) is 0.500. The van der Waals surface area contributed by atoms with Gasteiger partial charge in [-0.3, -0.25) is 0 Å². The molecule has 1 heterocycles. The molecule has 1 aromatic rings. The molecule has 0 N–H and O–H groups in total. The van der Waals surface area contributed by atoms with Crippen molar-refractivity contribution in [1.29, 1.82) is 0 Å². The number of hydrogen-bond donors (Lipinski definition) is 0. The van der Waals surface area contributed by atoms with Gasteiger partial charge in [0.25, 0.3) is 0 Å². The van der Waals surface area contributed by atoms with Gasteiger partial charge in [0.1, 0.15) is 23.7 Å². The Balaban J connectivity index is 2.26. The van der Waals surface area contributed by atoms with Crippen LogP contribution in [-0.4, -0.2) is 32.6 Å². The third-order valence-corrected chi connectivity index (χ3v) is 3.27. The largest absolute Gasteiger partial charge is 0.509 e. The highest BCUT2D eigenvalue weighted by atomic mass is 16.8. The molecule has 5 nitrogen and oxygen atoms in total. The van der Waals surface area contributed by atoms with Crippen molar-refractivity contribution in [2.45, 2.75) is 32.5 Å². The lowest BCUT2D eigenvalue weighted by Gasteiger charge is -2.16. The van der Waals surface area contributed by atoms with Crippen molar-refractivity contribution in [3.8, 4) is 11.5 Å². The Bertz CT molecular complexity index is 483. The molecule has 2 rings (SSSR count). The molecule has 0 spiro atoms. The monoisotopic (exact) mass is 266 g/mol. The van der Waals surface area contributed by atoms with E-state index in [-0.39, 0.29) is 12.2 Å². The van der Waals surface area contributed by atoms with Crippen molar-refractivity contribution >= 4 is 6.16 Å². The highest BCUT2D eigenvalue weighted by Crippen LogP contribution is 2.31. The Hall–Kier alpha value is -1.91. The number of rotatable bonds is 4. The molecule has 0 bridgehead atoms. The molecule has 1 aromatic carbocycles. The van der Waals surface area contributed by atoms with Crippen LogP contribution in [-0.2, 0) is 15.9 Å². The van der Waals surface area contributed by atoms with Crippen molar-refractivity contribution in [1.82, 2.24) is 0 Å². The second kappa shape index (κ2) is 5.38. The van der Waals surface area contributed by atoms with Gasteiger partial charge in [-0.1, -0.05) is 0 Å². The van der Waals surface area contributed by atoms with Gasteiger partial charge >= 0.3 is 6.16 Å². The molecule has 2 atom stereocenters. The summed E-state index contributed by atoms with van der Waals surface area (Å²) in [5.41, 5.74) is 1.93. The third kappa shape index (κ3) is 2.75. The van der Waals surface area contributed by atoms with Crippen molar-refractivity contribution in [2.24, 2.45) is 0 Å². The van der Waals surface area contributed by atoms with Crippen LogP contribution in [0.3, 0.4) is 0 Å². The molecule has 0 aliphatic carbocycles. The first-order valence-corrected chi connectivity index (χ1v) is 6.14. The molecular weight excluding hydrogens is 248 g/mol. The molecule has 1 saturated heterocycles. The number of benzene rings is 1. The zero-order chi connectivity index (χ0) is 14.0. The molecule has 19 heavy (non-hydrogen) atoms. The first-order chi connectivity index (χ1) is 9.05. The van der Waals surface area contributed by atoms with Gasteiger partial charge in [0.05, 0.1) is 14.2 Å². The first-order valence-electron chi connectivity index (χ1n) is 6.14. The van der Waals surface area contributed by atoms with E-state index < -0.39 is 6.16 Å². The number of carbonyl (C=O) groups excluding carboxylic acids is 1. The molecule has 1 aliphatic heterocycles. The summed E-state index contributed by atoms with van der Waals surface area (Å²) >= 11 is 0. The summed E-state index contributed by atoms with van der Waals surface area (Å²) in [6.07, 6.45) is -0.638. The van der Waals surface area contributed by atoms with Crippen LogP contribution in [0.15, 0.2) is 12.1 Å². The average Bonchev–Trinajstić information content (AvgIpc) is 2.69. The Morgan fingerprint density at radius 2 is 1.84 bits per heavy atom. The molecule has 0 aromatic heterocycles. The topological polar surface area (TPSA) is 54.0 Å². The fourth-order valence-corrected chi connectivity index (χ4v) is 2.17. The molecule has 5 heteroatoms. The quantitative estimate of drug-likeness (QED) is 0.784. The summed E-state index contributed by atoms with van der Waals surface area (Å²) in [6, 6.07) is 3.82. The molecule has 0 saturated carbocycles. The SMILES string of the molecule is COc1cc(CC2OC(=O)OC2C)c(OC)cc1C. The Labute approximate surface area is 112 Å². The van der Waals surface area contributed by atoms with E-state index in [1.165, 1.54) is 0 Å². The van der Waals surface area contributed by atoms with Crippen LogP contribution in [0.1, 0.15) is 18.1 Å². The minimum absolute atomic E-state index is 0.260. The van der Waals surface area contributed by atoms with Crippen molar-refractivity contribution in [3.05, 3.63) is 23.3 Å². The first kappa shape index (κ1) is 13.5. The summed E-state index contributed by atoms with van der Waals surface area (Å²) in [5.74, 6) is 1.54. The maximum atomic E-state index is 11.1. The van der Waals surface area contributed by atoms with Gasteiger partial charge in [0, 0.05) is 12.0 Å². The molecule has 104 valence electrons. The van der Waals surface area contributed by atoms with E-state index in [0.29, 0.717) is 6.42 Å². The van der Waals surface area contributed by atoms with Crippen molar-refractivity contribution in [2.75, 3.05) is 14.2 Å². The maximum absolute atomic E-state index is 11.1. The van der Waals surface area contributed by atoms with Crippen LogP contribution in [0.25, 0.3) is 0 Å². The standard InChI is InChI=1S/C14H18O5/c1-8-5-13(17-4)10(6-11(8)16-3)7-12-9(2)18-14(15)19-12/h5-6,9,12H,7H2,1-4H3. The van der Waals surface area contributed by atoms with Crippen molar-refractivity contribution < 1.29 is 23.7 Å². The van der Waals surface area contributed by atoms with E-state index in [0.717, 1.165) is 22.6 Å². The average molecular weight is 266 g/mol. The lowest BCUT2D eigenvalue weighted by Crippen LogP contribution is -2.22. The number of ether oxygens (including phenoxy) is 4. The molecule has 0 radical (unpaired) electrons. The minimum Gasteiger partial charge on any atom is -0.496 e. The van der Waals surface area contributed by atoms with Crippen LogP contribution < -0.4 is 9.47 Å². The van der Waals surface area contributed by atoms with Crippen LogP contribution in [0.2, 0.25) is 0 Å². The minimum atomic E-state index is -0.615. The smallest absolute Gasteiger partial charge is 0.496 e. The predicted molar refractivity (Wildman–Crippen MR) is 68.8 cm³/mol. The van der Waals surface area contributed by atoms with E-state index in [2.05, 4.69) is 0 Å². The van der Waals surface area contributed by atoms with Gasteiger partial charge in [-0.05, 0) is 31.5 Å². The number of carbonyl (C=O) groups is 1. The van der Waals surface area contributed by atoms with Gasteiger partial charge in [-0.2, -0.15) is 0 Å². The predicted octanol–water partition coefficient (Wildman–Crippen LogP) is 2.48. The lowest BCUT2D eigenvalue weighted by atomic mass is 10.0. The van der Waals surface area contributed by atoms with E-state index >= 15 is 0 Å². The Kier molecular flexibility index (Phi) is 3.83.